The Balaban J connectivity index is 2.62. The van der Waals surface area contributed by atoms with Crippen molar-refractivity contribution in [2.24, 2.45) is 0 Å². The van der Waals surface area contributed by atoms with E-state index >= 15 is 0 Å². The highest BCUT2D eigenvalue weighted by molar-refractivity contribution is 7.91. The van der Waals surface area contributed by atoms with Crippen LogP contribution >= 0.6 is 0 Å². The van der Waals surface area contributed by atoms with Crippen molar-refractivity contribution < 1.29 is 17.5 Å². The molecule has 0 unspecified atom stereocenters. The average Bonchev–Trinajstić information content (AvgIpc) is 2.31. The van der Waals surface area contributed by atoms with Crippen molar-refractivity contribution in [2.75, 3.05) is 18.1 Å². The maximum absolute atomic E-state index is 13.3. The first-order valence-corrected chi connectivity index (χ1v) is 6.83. The van der Waals surface area contributed by atoms with Crippen LogP contribution in [0.4, 0.5) is 4.39 Å². The van der Waals surface area contributed by atoms with Crippen molar-refractivity contribution in [2.45, 2.75) is 6.92 Å². The van der Waals surface area contributed by atoms with Gasteiger partial charge in [-0.3, -0.25) is 0 Å². The molecule has 0 aliphatic carbocycles. The van der Waals surface area contributed by atoms with E-state index in [1.165, 1.54) is 19.1 Å². The van der Waals surface area contributed by atoms with Gasteiger partial charge in [-0.1, -0.05) is 6.92 Å². The third-order valence-electron chi connectivity index (χ3n) is 2.15. The lowest BCUT2D eigenvalue weighted by Crippen LogP contribution is -2.15. The average molecular weight is 257 g/mol. The van der Waals surface area contributed by atoms with Gasteiger partial charge in [0.05, 0.1) is 17.4 Å². The monoisotopic (exact) mass is 257 g/mol. The molecular formula is C11H12FNO3S. The molecular weight excluding hydrogens is 245 g/mol. The quantitative estimate of drug-likeness (QED) is 0.802. The predicted octanol–water partition coefficient (Wildman–Crippen LogP) is 1.51. The Morgan fingerprint density at radius 2 is 2.18 bits per heavy atom. The van der Waals surface area contributed by atoms with E-state index in [1.807, 2.05) is 0 Å². The molecule has 0 aromatic heterocycles. The van der Waals surface area contributed by atoms with Gasteiger partial charge in [-0.25, -0.2) is 12.8 Å². The van der Waals surface area contributed by atoms with Crippen LogP contribution in [0.15, 0.2) is 18.2 Å². The standard InChI is InChI=1S/C11H12FNO3S/c1-2-17(14,15)6-5-16-11-4-3-9(8-13)7-10(11)12/h3-4,7H,2,5-6H2,1H3. The molecule has 0 aliphatic heterocycles. The number of hydrogen-bond acceptors (Lipinski definition) is 4. The summed E-state index contributed by atoms with van der Waals surface area (Å²) in [6, 6.07) is 5.56. The van der Waals surface area contributed by atoms with E-state index in [0.29, 0.717) is 0 Å². The number of nitriles is 1. The smallest absolute Gasteiger partial charge is 0.166 e. The molecule has 0 heterocycles. The molecule has 1 aromatic carbocycles. The molecule has 0 radical (unpaired) electrons. The summed E-state index contributed by atoms with van der Waals surface area (Å²) in [4.78, 5) is 0. The zero-order valence-electron chi connectivity index (χ0n) is 9.31. The van der Waals surface area contributed by atoms with Crippen molar-refractivity contribution in [3.63, 3.8) is 0 Å². The van der Waals surface area contributed by atoms with E-state index in [9.17, 15) is 12.8 Å². The summed E-state index contributed by atoms with van der Waals surface area (Å²) in [5.41, 5.74) is 0.191. The fraction of sp³-hybridized carbons (Fsp3) is 0.364. The lowest BCUT2D eigenvalue weighted by molar-refractivity contribution is 0.322. The molecule has 0 bridgehead atoms. The number of hydrogen-bond donors (Lipinski definition) is 0. The van der Waals surface area contributed by atoms with Gasteiger partial charge >= 0.3 is 0 Å². The summed E-state index contributed by atoms with van der Waals surface area (Å²) in [5.74, 6) is -0.831. The molecule has 0 N–H and O–H groups in total. The Bertz CT molecular complexity index is 534. The summed E-state index contributed by atoms with van der Waals surface area (Å²) in [6.45, 7) is 1.44. The zero-order valence-corrected chi connectivity index (χ0v) is 10.1. The fourth-order valence-corrected chi connectivity index (χ4v) is 1.74. The molecule has 17 heavy (non-hydrogen) atoms. The summed E-state index contributed by atoms with van der Waals surface area (Å²) in [7, 11) is -3.12. The second-order valence-electron chi connectivity index (χ2n) is 3.34. The first kappa shape index (κ1) is 13.5. The third-order valence-corrected chi connectivity index (χ3v) is 3.82. The predicted molar refractivity (Wildman–Crippen MR) is 60.9 cm³/mol. The minimum absolute atomic E-state index is 0.0339. The van der Waals surface area contributed by atoms with Crippen LogP contribution in [0.2, 0.25) is 0 Å². The van der Waals surface area contributed by atoms with Crippen LogP contribution in [-0.4, -0.2) is 26.5 Å². The molecule has 0 spiro atoms. The van der Waals surface area contributed by atoms with Gasteiger partial charge in [0.2, 0.25) is 0 Å². The SMILES string of the molecule is CCS(=O)(=O)CCOc1ccc(C#N)cc1F. The number of halogens is 1. The Kier molecular flexibility index (Phi) is 4.46. The van der Waals surface area contributed by atoms with Crippen molar-refractivity contribution >= 4 is 9.84 Å². The molecule has 0 saturated carbocycles. The maximum Gasteiger partial charge on any atom is 0.166 e. The van der Waals surface area contributed by atoms with E-state index < -0.39 is 15.7 Å². The largest absolute Gasteiger partial charge is 0.489 e. The molecule has 1 aromatic rings. The molecule has 1 rings (SSSR count). The Labute approximate surface area is 99.6 Å². The van der Waals surface area contributed by atoms with E-state index in [-0.39, 0.29) is 29.4 Å². The van der Waals surface area contributed by atoms with E-state index in [2.05, 4.69) is 0 Å². The van der Waals surface area contributed by atoms with Gasteiger partial charge in [0.25, 0.3) is 0 Å². The van der Waals surface area contributed by atoms with Gasteiger partial charge in [-0.2, -0.15) is 5.26 Å². The molecule has 0 saturated heterocycles. The van der Waals surface area contributed by atoms with E-state index in [1.54, 1.807) is 6.07 Å². The summed E-state index contributed by atoms with van der Waals surface area (Å²) in [5, 5.41) is 8.53. The van der Waals surface area contributed by atoms with E-state index in [0.717, 1.165) is 6.07 Å². The van der Waals surface area contributed by atoms with Crippen LogP contribution < -0.4 is 4.74 Å². The maximum atomic E-state index is 13.3. The van der Waals surface area contributed by atoms with Crippen LogP contribution in [0.3, 0.4) is 0 Å². The van der Waals surface area contributed by atoms with Gasteiger partial charge in [0.15, 0.2) is 21.4 Å². The van der Waals surface area contributed by atoms with Gasteiger partial charge in [-0.05, 0) is 18.2 Å². The van der Waals surface area contributed by atoms with Crippen molar-refractivity contribution in [3.8, 4) is 11.8 Å². The first-order chi connectivity index (χ1) is 7.98. The number of ether oxygens (including phenoxy) is 1. The molecule has 0 aliphatic rings. The molecule has 4 nitrogen and oxygen atoms in total. The highest BCUT2D eigenvalue weighted by Gasteiger charge is 2.09. The van der Waals surface area contributed by atoms with Crippen molar-refractivity contribution in [1.29, 1.82) is 5.26 Å². The normalized spacial score (nSPS) is 10.9. The van der Waals surface area contributed by atoms with Gasteiger partial charge < -0.3 is 4.74 Å². The number of benzene rings is 1. The molecule has 0 atom stereocenters. The lowest BCUT2D eigenvalue weighted by atomic mass is 10.2. The minimum atomic E-state index is -3.12. The Morgan fingerprint density at radius 1 is 1.47 bits per heavy atom. The zero-order chi connectivity index (χ0) is 12.9. The van der Waals surface area contributed by atoms with Gasteiger partial charge in [0, 0.05) is 5.75 Å². The number of nitrogens with zero attached hydrogens (tertiary/aromatic N) is 1. The first-order valence-electron chi connectivity index (χ1n) is 5.01. The lowest BCUT2D eigenvalue weighted by Gasteiger charge is -2.07. The van der Waals surface area contributed by atoms with Crippen LogP contribution in [0, 0.1) is 17.1 Å². The molecule has 92 valence electrons. The highest BCUT2D eigenvalue weighted by atomic mass is 32.2. The highest BCUT2D eigenvalue weighted by Crippen LogP contribution is 2.17. The second kappa shape index (κ2) is 5.64. The molecule has 0 fully saturated rings. The van der Waals surface area contributed by atoms with Gasteiger partial charge in [0.1, 0.15) is 6.61 Å². The summed E-state index contributed by atoms with van der Waals surface area (Å²) >= 11 is 0. The molecule has 0 amide bonds. The van der Waals surface area contributed by atoms with Crippen LogP contribution in [0.1, 0.15) is 12.5 Å². The number of sulfone groups is 1. The van der Waals surface area contributed by atoms with Gasteiger partial charge in [-0.15, -0.1) is 0 Å². The van der Waals surface area contributed by atoms with Crippen LogP contribution in [0.5, 0.6) is 5.75 Å². The molecule has 6 heteroatoms. The van der Waals surface area contributed by atoms with Crippen molar-refractivity contribution in [3.05, 3.63) is 29.6 Å². The van der Waals surface area contributed by atoms with Crippen LogP contribution in [0.25, 0.3) is 0 Å². The third kappa shape index (κ3) is 4.04. The number of rotatable bonds is 5. The Morgan fingerprint density at radius 3 is 2.71 bits per heavy atom. The fourth-order valence-electron chi connectivity index (χ4n) is 1.11. The van der Waals surface area contributed by atoms with Crippen molar-refractivity contribution in [1.82, 2.24) is 0 Å². The van der Waals surface area contributed by atoms with Crippen LogP contribution in [-0.2, 0) is 9.84 Å². The van der Waals surface area contributed by atoms with E-state index in [4.69, 9.17) is 10.00 Å². The second-order valence-corrected chi connectivity index (χ2v) is 5.81. The summed E-state index contributed by atoms with van der Waals surface area (Å²) in [6.07, 6.45) is 0. The summed E-state index contributed by atoms with van der Waals surface area (Å²) < 4.78 is 40.6. The Hall–Kier alpha value is -1.61. The minimum Gasteiger partial charge on any atom is -0.489 e. The topological polar surface area (TPSA) is 67.2 Å².